The van der Waals surface area contributed by atoms with Crippen LogP contribution in [0.4, 0.5) is 5.82 Å². The van der Waals surface area contributed by atoms with E-state index in [9.17, 15) is 0 Å². The topological polar surface area (TPSA) is 47.7 Å². The van der Waals surface area contributed by atoms with Gasteiger partial charge in [-0.25, -0.2) is 0 Å². The molecular weight excluding hydrogens is 214 g/mol. The van der Waals surface area contributed by atoms with Gasteiger partial charge in [0.25, 0.3) is 0 Å². The lowest BCUT2D eigenvalue weighted by atomic mass is 10.2. The van der Waals surface area contributed by atoms with Gasteiger partial charge < -0.3 is 5.32 Å². The highest BCUT2D eigenvalue weighted by atomic mass is 15.3. The van der Waals surface area contributed by atoms with Gasteiger partial charge in [0.1, 0.15) is 0 Å². The van der Waals surface area contributed by atoms with Gasteiger partial charge in [0.2, 0.25) is 0 Å². The van der Waals surface area contributed by atoms with Crippen molar-refractivity contribution in [3.05, 3.63) is 29.2 Å². The van der Waals surface area contributed by atoms with Crippen molar-refractivity contribution in [3.63, 3.8) is 0 Å². The molecule has 0 aromatic carbocycles. The summed E-state index contributed by atoms with van der Waals surface area (Å²) in [7, 11) is 1.95. The third kappa shape index (κ3) is 2.33. The summed E-state index contributed by atoms with van der Waals surface area (Å²) in [6, 6.07) is 0. The smallest absolute Gasteiger partial charge is 0.151 e. The van der Waals surface area contributed by atoms with E-state index >= 15 is 0 Å². The molecular formula is C12H19N5. The average Bonchev–Trinajstić information content (AvgIpc) is 2.82. The van der Waals surface area contributed by atoms with Crippen molar-refractivity contribution >= 4 is 5.82 Å². The zero-order valence-corrected chi connectivity index (χ0v) is 10.9. The molecule has 92 valence electrons. The summed E-state index contributed by atoms with van der Waals surface area (Å²) >= 11 is 0. The molecule has 2 aromatic heterocycles. The van der Waals surface area contributed by atoms with Gasteiger partial charge in [-0.3, -0.25) is 9.36 Å². The van der Waals surface area contributed by atoms with E-state index in [0.717, 1.165) is 18.9 Å². The molecule has 0 saturated heterocycles. The molecule has 5 heteroatoms. The maximum Gasteiger partial charge on any atom is 0.151 e. The molecule has 0 unspecified atom stereocenters. The van der Waals surface area contributed by atoms with Crippen LogP contribution in [0.25, 0.3) is 0 Å². The van der Waals surface area contributed by atoms with Crippen LogP contribution < -0.4 is 5.32 Å². The van der Waals surface area contributed by atoms with Crippen molar-refractivity contribution in [3.8, 4) is 0 Å². The fourth-order valence-corrected chi connectivity index (χ4v) is 1.75. The predicted molar refractivity (Wildman–Crippen MR) is 67.9 cm³/mol. The molecule has 5 nitrogen and oxygen atoms in total. The van der Waals surface area contributed by atoms with E-state index in [4.69, 9.17) is 0 Å². The number of rotatable bonds is 4. The maximum atomic E-state index is 4.46. The first kappa shape index (κ1) is 11.7. The molecule has 17 heavy (non-hydrogen) atoms. The van der Waals surface area contributed by atoms with Crippen LogP contribution in [0.2, 0.25) is 0 Å². The number of anilines is 1. The van der Waals surface area contributed by atoms with Crippen molar-refractivity contribution in [1.82, 2.24) is 19.6 Å². The van der Waals surface area contributed by atoms with Crippen molar-refractivity contribution < 1.29 is 0 Å². The highest BCUT2D eigenvalue weighted by Crippen LogP contribution is 2.14. The number of nitrogens with zero attached hydrogens (tertiary/aromatic N) is 4. The monoisotopic (exact) mass is 233 g/mol. The summed E-state index contributed by atoms with van der Waals surface area (Å²) in [6.07, 6.45) is 3.95. The Balaban J connectivity index is 2.07. The first-order chi connectivity index (χ1) is 8.11. The fourth-order valence-electron chi connectivity index (χ4n) is 1.75. The Hall–Kier alpha value is -1.78. The normalized spacial score (nSPS) is 10.8. The van der Waals surface area contributed by atoms with Crippen molar-refractivity contribution in [2.75, 3.05) is 5.32 Å². The van der Waals surface area contributed by atoms with Crippen LogP contribution in [0, 0.1) is 13.8 Å². The van der Waals surface area contributed by atoms with Crippen molar-refractivity contribution in [2.45, 2.75) is 33.9 Å². The van der Waals surface area contributed by atoms with Crippen LogP contribution in [0.1, 0.15) is 23.7 Å². The Kier molecular flexibility index (Phi) is 3.17. The third-order valence-corrected chi connectivity index (χ3v) is 3.05. The highest BCUT2D eigenvalue weighted by Gasteiger charge is 2.06. The Labute approximate surface area is 101 Å². The summed E-state index contributed by atoms with van der Waals surface area (Å²) in [5.74, 6) is 0.954. The first-order valence-electron chi connectivity index (χ1n) is 5.87. The van der Waals surface area contributed by atoms with E-state index in [2.05, 4.69) is 42.5 Å². The van der Waals surface area contributed by atoms with Crippen LogP contribution in [0.3, 0.4) is 0 Å². The molecule has 2 rings (SSSR count). The molecule has 0 saturated carbocycles. The second kappa shape index (κ2) is 4.61. The first-order valence-corrected chi connectivity index (χ1v) is 5.87. The summed E-state index contributed by atoms with van der Waals surface area (Å²) in [5, 5.41) is 12.0. The Morgan fingerprint density at radius 3 is 2.65 bits per heavy atom. The number of hydrogen-bond acceptors (Lipinski definition) is 3. The zero-order valence-electron chi connectivity index (χ0n) is 10.9. The molecule has 0 amide bonds. The van der Waals surface area contributed by atoms with Crippen LogP contribution in [-0.2, 0) is 20.1 Å². The number of nitrogens with one attached hydrogen (secondary N) is 1. The molecule has 2 heterocycles. The quantitative estimate of drug-likeness (QED) is 0.877. The summed E-state index contributed by atoms with van der Waals surface area (Å²) in [6.45, 7) is 7.89. The molecule has 1 N–H and O–H groups in total. The van der Waals surface area contributed by atoms with E-state index in [1.165, 1.54) is 16.8 Å². The molecule has 0 aliphatic heterocycles. The second-order valence-electron chi connectivity index (χ2n) is 4.25. The minimum absolute atomic E-state index is 0.765. The predicted octanol–water partition coefficient (Wildman–Crippen LogP) is 1.87. The minimum Gasteiger partial charge on any atom is -0.364 e. The molecule has 0 radical (unpaired) electrons. The largest absolute Gasteiger partial charge is 0.364 e. The summed E-state index contributed by atoms with van der Waals surface area (Å²) < 4.78 is 3.82. The van der Waals surface area contributed by atoms with E-state index in [1.807, 2.05) is 22.6 Å². The number of aromatic nitrogens is 4. The lowest BCUT2D eigenvalue weighted by Crippen LogP contribution is -2.03. The van der Waals surface area contributed by atoms with Gasteiger partial charge in [0.15, 0.2) is 5.82 Å². The van der Waals surface area contributed by atoms with Gasteiger partial charge in [0.05, 0.1) is 6.20 Å². The third-order valence-electron chi connectivity index (χ3n) is 3.05. The van der Waals surface area contributed by atoms with Crippen molar-refractivity contribution in [2.24, 2.45) is 7.05 Å². The zero-order chi connectivity index (χ0) is 12.4. The molecule has 0 fully saturated rings. The molecule has 0 spiro atoms. The second-order valence-corrected chi connectivity index (χ2v) is 4.25. The van der Waals surface area contributed by atoms with Crippen LogP contribution in [0.5, 0.6) is 0 Å². The van der Waals surface area contributed by atoms with Crippen LogP contribution >= 0.6 is 0 Å². The van der Waals surface area contributed by atoms with Crippen LogP contribution in [0.15, 0.2) is 12.4 Å². The Morgan fingerprint density at radius 1 is 1.35 bits per heavy atom. The average molecular weight is 233 g/mol. The van der Waals surface area contributed by atoms with Gasteiger partial charge in [-0.1, -0.05) is 0 Å². The van der Waals surface area contributed by atoms with E-state index in [1.54, 1.807) is 0 Å². The lowest BCUT2D eigenvalue weighted by molar-refractivity contribution is 0.660. The van der Waals surface area contributed by atoms with E-state index < -0.39 is 0 Å². The molecule has 0 aliphatic rings. The van der Waals surface area contributed by atoms with Gasteiger partial charge >= 0.3 is 0 Å². The van der Waals surface area contributed by atoms with Gasteiger partial charge in [0, 0.05) is 43.2 Å². The van der Waals surface area contributed by atoms with E-state index in [0.29, 0.717) is 0 Å². The van der Waals surface area contributed by atoms with Crippen molar-refractivity contribution in [1.29, 1.82) is 0 Å². The fraction of sp³-hybridized carbons (Fsp3) is 0.500. The standard InChI is InChI=1S/C12H19N5/c1-5-17-8-9(2)12(15-17)13-6-11-7-14-16(4)10(11)3/h7-8H,5-6H2,1-4H3,(H,13,15). The number of hydrogen-bond donors (Lipinski definition) is 1. The lowest BCUT2D eigenvalue weighted by Gasteiger charge is -2.03. The van der Waals surface area contributed by atoms with Gasteiger partial charge in [-0.15, -0.1) is 0 Å². The minimum atomic E-state index is 0.765. The van der Waals surface area contributed by atoms with Gasteiger partial charge in [-0.2, -0.15) is 10.2 Å². The number of aryl methyl sites for hydroxylation is 3. The van der Waals surface area contributed by atoms with Crippen LogP contribution in [-0.4, -0.2) is 19.6 Å². The molecule has 0 aliphatic carbocycles. The molecule has 2 aromatic rings. The van der Waals surface area contributed by atoms with Gasteiger partial charge in [-0.05, 0) is 20.8 Å². The molecule has 0 bridgehead atoms. The van der Waals surface area contributed by atoms with E-state index in [-0.39, 0.29) is 0 Å². The Morgan fingerprint density at radius 2 is 2.12 bits per heavy atom. The summed E-state index contributed by atoms with van der Waals surface area (Å²) in [4.78, 5) is 0. The summed E-state index contributed by atoms with van der Waals surface area (Å²) in [5.41, 5.74) is 3.57. The Bertz CT molecular complexity index is 509. The maximum absolute atomic E-state index is 4.46. The SMILES string of the molecule is CCn1cc(C)c(NCc2cnn(C)c2C)n1. The highest BCUT2D eigenvalue weighted by molar-refractivity contribution is 5.42. The molecule has 0 atom stereocenters.